The van der Waals surface area contributed by atoms with E-state index >= 15 is 0 Å². The number of nitrogens with one attached hydrogen (secondary N) is 3. The normalized spacial score (nSPS) is 10.2. The highest BCUT2D eigenvalue weighted by molar-refractivity contribution is 6.30. The summed E-state index contributed by atoms with van der Waals surface area (Å²) in [6.45, 7) is 0.138. The minimum atomic E-state index is -0.167. The van der Waals surface area contributed by atoms with Crippen molar-refractivity contribution in [1.29, 1.82) is 0 Å². The third-order valence-electron chi connectivity index (χ3n) is 4.23. The molecule has 0 heterocycles. The van der Waals surface area contributed by atoms with E-state index in [9.17, 15) is 9.59 Å². The van der Waals surface area contributed by atoms with Crippen LogP contribution in [0.4, 0.5) is 17.1 Å². The number of amides is 2. The molecule has 0 aromatic heterocycles. The van der Waals surface area contributed by atoms with E-state index in [-0.39, 0.29) is 18.4 Å². The van der Waals surface area contributed by atoms with Gasteiger partial charge in [-0.2, -0.15) is 0 Å². The van der Waals surface area contributed by atoms with Crippen LogP contribution in [0.3, 0.4) is 0 Å². The van der Waals surface area contributed by atoms with Gasteiger partial charge in [0.25, 0.3) is 0 Å². The van der Waals surface area contributed by atoms with Crippen LogP contribution in [0.15, 0.2) is 78.9 Å². The molecule has 0 saturated heterocycles. The molecule has 0 radical (unpaired) electrons. The Labute approximate surface area is 175 Å². The summed E-state index contributed by atoms with van der Waals surface area (Å²) >= 11 is 5.84. The Kier molecular flexibility index (Phi) is 7.25. The maximum absolute atomic E-state index is 12.1. The van der Waals surface area contributed by atoms with Gasteiger partial charge in [-0.3, -0.25) is 9.59 Å². The summed E-state index contributed by atoms with van der Waals surface area (Å²) in [7, 11) is 0. The Hall–Kier alpha value is -3.31. The summed E-state index contributed by atoms with van der Waals surface area (Å²) in [6, 6.07) is 24.1. The predicted octanol–water partition coefficient (Wildman–Crippen LogP) is 4.96. The molecule has 3 aromatic rings. The van der Waals surface area contributed by atoms with Crippen LogP contribution in [0.5, 0.6) is 0 Å². The minimum Gasteiger partial charge on any atom is -0.376 e. The largest absolute Gasteiger partial charge is 0.376 e. The molecule has 0 bridgehead atoms. The average Bonchev–Trinajstić information content (AvgIpc) is 2.74. The lowest BCUT2D eigenvalue weighted by Crippen LogP contribution is -2.21. The summed E-state index contributed by atoms with van der Waals surface area (Å²) in [6.07, 6.45) is 1.11. The van der Waals surface area contributed by atoms with Crippen LogP contribution in [0.1, 0.15) is 12.0 Å². The number of anilines is 3. The quantitative estimate of drug-likeness (QED) is 0.494. The molecule has 2 amide bonds. The zero-order chi connectivity index (χ0) is 20.5. The maximum Gasteiger partial charge on any atom is 0.243 e. The number of carbonyl (C=O) groups is 2. The van der Waals surface area contributed by atoms with Gasteiger partial charge in [0, 0.05) is 28.5 Å². The molecule has 3 aromatic carbocycles. The molecular weight excluding hydrogens is 386 g/mol. The van der Waals surface area contributed by atoms with Crippen molar-refractivity contribution in [3.05, 3.63) is 89.4 Å². The standard InChI is InChI=1S/C23H22ClN3O2/c24-18-7-9-19(10-8-18)25-16-23(29)27-21-13-11-20(12-14-21)26-22(28)15-6-17-4-2-1-3-5-17/h1-5,7-14,25H,6,15-16H2,(H,26,28)(H,27,29). The lowest BCUT2D eigenvalue weighted by atomic mass is 10.1. The molecule has 5 nitrogen and oxygen atoms in total. The van der Waals surface area contributed by atoms with Gasteiger partial charge in [0.15, 0.2) is 0 Å². The van der Waals surface area contributed by atoms with Crippen molar-refractivity contribution in [2.75, 3.05) is 22.5 Å². The van der Waals surface area contributed by atoms with Crippen molar-refractivity contribution in [3.63, 3.8) is 0 Å². The minimum absolute atomic E-state index is 0.0437. The Morgan fingerprint density at radius 3 is 1.86 bits per heavy atom. The number of benzene rings is 3. The van der Waals surface area contributed by atoms with Crippen LogP contribution in [0, 0.1) is 0 Å². The molecule has 6 heteroatoms. The van der Waals surface area contributed by atoms with Gasteiger partial charge < -0.3 is 16.0 Å². The third kappa shape index (κ3) is 6.97. The summed E-state index contributed by atoms with van der Waals surface area (Å²) in [5.41, 5.74) is 3.31. The third-order valence-corrected chi connectivity index (χ3v) is 4.49. The molecule has 0 fully saturated rings. The van der Waals surface area contributed by atoms with Gasteiger partial charge in [-0.1, -0.05) is 41.9 Å². The zero-order valence-electron chi connectivity index (χ0n) is 15.8. The molecule has 0 spiro atoms. The first-order chi connectivity index (χ1) is 14.1. The average molecular weight is 408 g/mol. The number of hydrogen-bond donors (Lipinski definition) is 3. The fourth-order valence-electron chi connectivity index (χ4n) is 2.72. The number of halogens is 1. The molecule has 0 saturated carbocycles. The lowest BCUT2D eigenvalue weighted by molar-refractivity contribution is -0.116. The van der Waals surface area contributed by atoms with Crippen LogP contribution in [-0.2, 0) is 16.0 Å². The Bertz CT molecular complexity index is 942. The fraction of sp³-hybridized carbons (Fsp3) is 0.130. The van der Waals surface area contributed by atoms with Crippen LogP contribution in [0.25, 0.3) is 0 Å². The second kappa shape index (κ2) is 10.3. The molecule has 0 atom stereocenters. The van der Waals surface area contributed by atoms with E-state index in [4.69, 9.17) is 11.6 Å². The smallest absolute Gasteiger partial charge is 0.243 e. The molecule has 0 aliphatic carbocycles. The molecular formula is C23H22ClN3O2. The van der Waals surface area contributed by atoms with E-state index in [0.717, 1.165) is 11.3 Å². The van der Waals surface area contributed by atoms with E-state index in [1.165, 1.54) is 0 Å². The van der Waals surface area contributed by atoms with Crippen molar-refractivity contribution in [2.45, 2.75) is 12.8 Å². The highest BCUT2D eigenvalue weighted by Crippen LogP contribution is 2.15. The molecule has 3 N–H and O–H groups in total. The van der Waals surface area contributed by atoms with E-state index in [1.807, 2.05) is 42.5 Å². The number of aryl methyl sites for hydroxylation is 1. The Morgan fingerprint density at radius 2 is 1.24 bits per heavy atom. The van der Waals surface area contributed by atoms with Crippen LogP contribution >= 0.6 is 11.6 Å². The van der Waals surface area contributed by atoms with E-state index in [1.54, 1.807) is 36.4 Å². The second-order valence-corrected chi connectivity index (χ2v) is 6.96. The highest BCUT2D eigenvalue weighted by Gasteiger charge is 2.05. The molecule has 0 aliphatic heterocycles. The summed E-state index contributed by atoms with van der Waals surface area (Å²) in [4.78, 5) is 24.2. The lowest BCUT2D eigenvalue weighted by Gasteiger charge is -2.09. The number of rotatable bonds is 8. The van der Waals surface area contributed by atoms with Gasteiger partial charge in [0.2, 0.25) is 11.8 Å². The summed E-state index contributed by atoms with van der Waals surface area (Å²) in [5.74, 6) is -0.211. The van der Waals surface area contributed by atoms with Gasteiger partial charge in [-0.15, -0.1) is 0 Å². The summed E-state index contributed by atoms with van der Waals surface area (Å²) in [5, 5.41) is 9.35. The zero-order valence-corrected chi connectivity index (χ0v) is 16.6. The second-order valence-electron chi connectivity index (χ2n) is 6.52. The van der Waals surface area contributed by atoms with E-state index < -0.39 is 0 Å². The van der Waals surface area contributed by atoms with Gasteiger partial charge in [0.05, 0.1) is 6.54 Å². The molecule has 29 heavy (non-hydrogen) atoms. The SMILES string of the molecule is O=C(CCc1ccccc1)Nc1ccc(NC(=O)CNc2ccc(Cl)cc2)cc1. The predicted molar refractivity (Wildman–Crippen MR) is 118 cm³/mol. The summed E-state index contributed by atoms with van der Waals surface area (Å²) < 4.78 is 0. The Morgan fingerprint density at radius 1 is 0.690 bits per heavy atom. The van der Waals surface area contributed by atoms with Crippen molar-refractivity contribution in [3.8, 4) is 0 Å². The topological polar surface area (TPSA) is 70.2 Å². The van der Waals surface area contributed by atoms with E-state index in [2.05, 4.69) is 16.0 Å². The molecule has 3 rings (SSSR count). The van der Waals surface area contributed by atoms with E-state index in [0.29, 0.717) is 29.2 Å². The van der Waals surface area contributed by atoms with Gasteiger partial charge in [0.1, 0.15) is 0 Å². The first-order valence-electron chi connectivity index (χ1n) is 9.31. The van der Waals surface area contributed by atoms with Gasteiger partial charge in [-0.05, 0) is 60.5 Å². The van der Waals surface area contributed by atoms with Crippen LogP contribution < -0.4 is 16.0 Å². The van der Waals surface area contributed by atoms with Crippen molar-refractivity contribution in [2.24, 2.45) is 0 Å². The van der Waals surface area contributed by atoms with Crippen LogP contribution in [0.2, 0.25) is 5.02 Å². The monoisotopic (exact) mass is 407 g/mol. The Balaban J connectivity index is 1.42. The molecule has 0 aliphatic rings. The van der Waals surface area contributed by atoms with Crippen molar-refractivity contribution < 1.29 is 9.59 Å². The van der Waals surface area contributed by atoms with Gasteiger partial charge >= 0.3 is 0 Å². The maximum atomic E-state index is 12.1. The first kappa shape index (κ1) is 20.4. The fourth-order valence-corrected chi connectivity index (χ4v) is 2.84. The van der Waals surface area contributed by atoms with Crippen molar-refractivity contribution in [1.82, 2.24) is 0 Å². The van der Waals surface area contributed by atoms with Gasteiger partial charge in [-0.25, -0.2) is 0 Å². The molecule has 148 valence electrons. The first-order valence-corrected chi connectivity index (χ1v) is 9.69. The highest BCUT2D eigenvalue weighted by atomic mass is 35.5. The van der Waals surface area contributed by atoms with Crippen molar-refractivity contribution >= 4 is 40.5 Å². The number of hydrogen-bond acceptors (Lipinski definition) is 3. The number of carbonyl (C=O) groups excluding carboxylic acids is 2. The van der Waals surface area contributed by atoms with Crippen LogP contribution in [-0.4, -0.2) is 18.4 Å². The molecule has 0 unspecified atom stereocenters.